The van der Waals surface area contributed by atoms with E-state index < -0.39 is 4.92 Å². The molecule has 0 amide bonds. The molecule has 0 bridgehead atoms. The Bertz CT molecular complexity index is 668. The van der Waals surface area contributed by atoms with Gasteiger partial charge in [0.25, 0.3) is 5.69 Å². The van der Waals surface area contributed by atoms with Gasteiger partial charge in [0.15, 0.2) is 5.13 Å². The van der Waals surface area contributed by atoms with Gasteiger partial charge in [-0.15, -0.1) is 11.3 Å². The molecular formula is C12H10N4O2S. The molecule has 0 aliphatic rings. The van der Waals surface area contributed by atoms with E-state index in [2.05, 4.69) is 10.3 Å². The highest BCUT2D eigenvalue weighted by molar-refractivity contribution is 7.15. The van der Waals surface area contributed by atoms with Gasteiger partial charge < -0.3 is 5.32 Å². The van der Waals surface area contributed by atoms with Crippen LogP contribution in [0, 0.1) is 35.3 Å². The van der Waals surface area contributed by atoms with Crippen molar-refractivity contribution in [3.8, 4) is 6.07 Å². The third kappa shape index (κ3) is 2.69. The summed E-state index contributed by atoms with van der Waals surface area (Å²) in [5.74, 6) is 0. The lowest BCUT2D eigenvalue weighted by Crippen LogP contribution is -1.95. The monoisotopic (exact) mass is 274 g/mol. The van der Waals surface area contributed by atoms with E-state index in [0.29, 0.717) is 10.8 Å². The fourth-order valence-corrected chi connectivity index (χ4v) is 2.34. The molecule has 1 heterocycles. The number of benzene rings is 1. The van der Waals surface area contributed by atoms with E-state index in [9.17, 15) is 10.1 Å². The molecule has 0 spiro atoms. The summed E-state index contributed by atoms with van der Waals surface area (Å²) in [6, 6.07) is 6.18. The summed E-state index contributed by atoms with van der Waals surface area (Å²) in [4.78, 5) is 15.7. The highest BCUT2D eigenvalue weighted by Crippen LogP contribution is 2.28. The van der Waals surface area contributed by atoms with Gasteiger partial charge in [-0.2, -0.15) is 5.26 Å². The second kappa shape index (κ2) is 5.04. The lowest BCUT2D eigenvalue weighted by molar-refractivity contribution is -0.385. The Labute approximate surface area is 113 Å². The summed E-state index contributed by atoms with van der Waals surface area (Å²) in [5, 5.41) is 23.3. The van der Waals surface area contributed by atoms with Crippen LogP contribution < -0.4 is 5.32 Å². The van der Waals surface area contributed by atoms with E-state index in [4.69, 9.17) is 5.26 Å². The summed E-state index contributed by atoms with van der Waals surface area (Å²) >= 11 is 1.48. The molecule has 2 aromatic rings. The van der Waals surface area contributed by atoms with Crippen LogP contribution in [0.4, 0.5) is 16.5 Å². The Morgan fingerprint density at radius 3 is 2.74 bits per heavy atom. The van der Waals surface area contributed by atoms with Gasteiger partial charge in [-0.1, -0.05) is 0 Å². The van der Waals surface area contributed by atoms with Crippen LogP contribution in [0.15, 0.2) is 18.2 Å². The number of anilines is 2. The fraction of sp³-hybridized carbons (Fsp3) is 0.167. The van der Waals surface area contributed by atoms with E-state index >= 15 is 0 Å². The Kier molecular flexibility index (Phi) is 3.44. The summed E-state index contributed by atoms with van der Waals surface area (Å²) < 4.78 is 0. The second-order valence-corrected chi connectivity index (χ2v) is 5.09. The molecule has 0 aliphatic heterocycles. The maximum absolute atomic E-state index is 10.9. The van der Waals surface area contributed by atoms with Gasteiger partial charge in [0.1, 0.15) is 11.6 Å². The number of aromatic nitrogens is 1. The highest BCUT2D eigenvalue weighted by Gasteiger charge is 2.14. The van der Waals surface area contributed by atoms with Gasteiger partial charge in [-0.05, 0) is 26.0 Å². The Morgan fingerprint density at radius 1 is 1.47 bits per heavy atom. The van der Waals surface area contributed by atoms with Crippen molar-refractivity contribution >= 4 is 27.8 Å². The number of thiazole rings is 1. The molecule has 6 nitrogen and oxygen atoms in total. The maximum atomic E-state index is 10.9. The first-order chi connectivity index (χ1) is 9.01. The van der Waals surface area contributed by atoms with Crippen molar-refractivity contribution < 1.29 is 4.92 Å². The van der Waals surface area contributed by atoms with Crippen molar-refractivity contribution in [2.75, 3.05) is 5.32 Å². The average molecular weight is 274 g/mol. The smallest absolute Gasteiger partial charge is 0.289 e. The fourth-order valence-electron chi connectivity index (χ4n) is 1.50. The van der Waals surface area contributed by atoms with Gasteiger partial charge in [-0.3, -0.25) is 10.1 Å². The van der Waals surface area contributed by atoms with Crippen molar-refractivity contribution in [1.29, 1.82) is 5.26 Å². The number of nitriles is 1. The molecular weight excluding hydrogens is 264 g/mol. The number of rotatable bonds is 3. The quantitative estimate of drug-likeness (QED) is 0.685. The number of hydrogen-bond acceptors (Lipinski definition) is 6. The molecule has 96 valence electrons. The molecule has 0 saturated carbocycles. The van der Waals surface area contributed by atoms with Gasteiger partial charge in [0, 0.05) is 16.6 Å². The van der Waals surface area contributed by atoms with Gasteiger partial charge >= 0.3 is 0 Å². The minimum Gasteiger partial charge on any atom is -0.331 e. The Balaban J connectivity index is 2.34. The molecule has 1 aromatic carbocycles. The molecule has 1 aromatic heterocycles. The molecule has 0 radical (unpaired) electrons. The topological polar surface area (TPSA) is 91.8 Å². The van der Waals surface area contributed by atoms with Crippen LogP contribution in [0.1, 0.15) is 16.1 Å². The van der Waals surface area contributed by atoms with Crippen LogP contribution in [0.3, 0.4) is 0 Å². The molecule has 0 unspecified atom stereocenters. The first-order valence-corrected chi connectivity index (χ1v) is 6.22. The standard InChI is InChI=1S/C12H10N4O2S/c1-7-8(2)19-12(14-7)15-10-4-3-9(6-13)11(5-10)16(17)18/h3-5H,1-2H3,(H,14,15). The third-order valence-electron chi connectivity index (χ3n) is 2.59. The van der Waals surface area contributed by atoms with Gasteiger partial charge in [0.2, 0.25) is 0 Å². The Hall–Kier alpha value is -2.46. The van der Waals surface area contributed by atoms with Gasteiger partial charge in [0.05, 0.1) is 10.6 Å². The van der Waals surface area contributed by atoms with Gasteiger partial charge in [-0.25, -0.2) is 4.98 Å². The van der Waals surface area contributed by atoms with Crippen LogP contribution in [-0.2, 0) is 0 Å². The highest BCUT2D eigenvalue weighted by atomic mass is 32.1. The van der Waals surface area contributed by atoms with Crippen molar-refractivity contribution in [1.82, 2.24) is 4.98 Å². The zero-order chi connectivity index (χ0) is 14.0. The summed E-state index contributed by atoms with van der Waals surface area (Å²) in [6.07, 6.45) is 0. The van der Waals surface area contributed by atoms with E-state index in [1.54, 1.807) is 12.1 Å². The third-order valence-corrected chi connectivity index (χ3v) is 3.58. The zero-order valence-corrected chi connectivity index (χ0v) is 11.1. The summed E-state index contributed by atoms with van der Waals surface area (Å²) in [5.41, 5.74) is 1.30. The lowest BCUT2D eigenvalue weighted by Gasteiger charge is -2.02. The zero-order valence-electron chi connectivity index (χ0n) is 10.3. The minimum atomic E-state index is -0.567. The SMILES string of the molecule is Cc1nc(Nc2ccc(C#N)c([N+](=O)[O-])c2)sc1C. The number of aryl methyl sites for hydroxylation is 2. The Morgan fingerprint density at radius 2 is 2.21 bits per heavy atom. The van der Waals surface area contributed by atoms with Crippen LogP contribution in [0.5, 0.6) is 0 Å². The van der Waals surface area contributed by atoms with Crippen LogP contribution in [0.2, 0.25) is 0 Å². The average Bonchev–Trinajstić information content (AvgIpc) is 2.68. The molecule has 7 heteroatoms. The van der Waals surface area contributed by atoms with Crippen molar-refractivity contribution in [3.05, 3.63) is 44.4 Å². The van der Waals surface area contributed by atoms with E-state index in [1.165, 1.54) is 23.5 Å². The van der Waals surface area contributed by atoms with E-state index in [0.717, 1.165) is 10.6 Å². The van der Waals surface area contributed by atoms with Crippen LogP contribution >= 0.6 is 11.3 Å². The molecule has 0 aliphatic carbocycles. The first-order valence-electron chi connectivity index (χ1n) is 5.41. The number of nitro groups is 1. The predicted molar refractivity (Wildman–Crippen MR) is 72.7 cm³/mol. The van der Waals surface area contributed by atoms with Crippen LogP contribution in [-0.4, -0.2) is 9.91 Å². The van der Waals surface area contributed by atoms with E-state index in [-0.39, 0.29) is 11.3 Å². The molecule has 19 heavy (non-hydrogen) atoms. The minimum absolute atomic E-state index is 0.0436. The largest absolute Gasteiger partial charge is 0.331 e. The maximum Gasteiger partial charge on any atom is 0.289 e. The van der Waals surface area contributed by atoms with Crippen molar-refractivity contribution in [3.63, 3.8) is 0 Å². The number of nitrogens with one attached hydrogen (secondary N) is 1. The molecule has 1 N–H and O–H groups in total. The van der Waals surface area contributed by atoms with Crippen LogP contribution in [0.25, 0.3) is 0 Å². The summed E-state index contributed by atoms with van der Waals surface area (Å²) in [7, 11) is 0. The predicted octanol–water partition coefficient (Wildman–Crippen LogP) is 3.28. The molecule has 0 fully saturated rings. The number of hydrogen-bond donors (Lipinski definition) is 1. The number of nitrogens with zero attached hydrogens (tertiary/aromatic N) is 3. The second-order valence-electron chi connectivity index (χ2n) is 3.89. The summed E-state index contributed by atoms with van der Waals surface area (Å²) in [6.45, 7) is 3.86. The molecule has 2 rings (SSSR count). The van der Waals surface area contributed by atoms with E-state index in [1.807, 2.05) is 13.8 Å². The molecule has 0 saturated heterocycles. The number of nitro benzene ring substituents is 1. The molecule has 0 atom stereocenters. The normalized spacial score (nSPS) is 9.95. The van der Waals surface area contributed by atoms with Crippen molar-refractivity contribution in [2.24, 2.45) is 0 Å². The van der Waals surface area contributed by atoms with Crippen molar-refractivity contribution in [2.45, 2.75) is 13.8 Å². The lowest BCUT2D eigenvalue weighted by atomic mass is 10.2. The first kappa shape index (κ1) is 13.0.